The van der Waals surface area contributed by atoms with Crippen molar-refractivity contribution < 1.29 is 9.21 Å². The van der Waals surface area contributed by atoms with Crippen molar-refractivity contribution in [3.05, 3.63) is 22.7 Å². The smallest absolute Gasteiger partial charge is 0.257 e. The first-order chi connectivity index (χ1) is 8.51. The molecule has 0 radical (unpaired) electrons. The first kappa shape index (κ1) is 13.2. The van der Waals surface area contributed by atoms with Crippen LogP contribution in [-0.2, 0) is 4.79 Å². The molecule has 2 rings (SSSR count). The van der Waals surface area contributed by atoms with Crippen molar-refractivity contribution in [1.29, 1.82) is 0 Å². The Bertz CT molecular complexity index is 597. The van der Waals surface area contributed by atoms with Gasteiger partial charge in [-0.05, 0) is 31.0 Å². The number of fused-ring (bicyclic) bond motifs is 1. The molecule has 18 heavy (non-hydrogen) atoms. The number of primary amides is 1. The van der Waals surface area contributed by atoms with Gasteiger partial charge < -0.3 is 10.2 Å². The van der Waals surface area contributed by atoms with Gasteiger partial charge in [-0.2, -0.15) is 0 Å². The maximum Gasteiger partial charge on any atom is 0.257 e. The number of oxazole rings is 1. The first-order valence-corrected chi connectivity index (χ1v) is 6.79. The number of amides is 1. The van der Waals surface area contributed by atoms with E-state index in [0.717, 1.165) is 5.56 Å². The molecule has 1 aromatic heterocycles. The summed E-state index contributed by atoms with van der Waals surface area (Å²) in [5.41, 5.74) is 7.61. The molecule has 0 saturated heterocycles. The van der Waals surface area contributed by atoms with Gasteiger partial charge in [0, 0.05) is 5.02 Å². The van der Waals surface area contributed by atoms with Crippen LogP contribution >= 0.6 is 23.4 Å². The molecule has 0 bridgehead atoms. The van der Waals surface area contributed by atoms with Gasteiger partial charge in [0.25, 0.3) is 5.22 Å². The number of nitrogens with two attached hydrogens (primary N) is 1. The standard InChI is InChI=1S/C12H13ClN2O2S/c1-3-9(11(14)16)18-12-15-8-5-7(13)4-6(2)10(8)17-12/h4-5,9H,3H2,1-2H3,(H2,14,16)/t9-/m0/s1. The van der Waals surface area contributed by atoms with Gasteiger partial charge in [-0.1, -0.05) is 30.3 Å². The summed E-state index contributed by atoms with van der Waals surface area (Å²) in [6.07, 6.45) is 0.637. The molecule has 4 nitrogen and oxygen atoms in total. The molecule has 96 valence electrons. The van der Waals surface area contributed by atoms with Crippen molar-refractivity contribution in [3.63, 3.8) is 0 Å². The van der Waals surface area contributed by atoms with Crippen molar-refractivity contribution in [2.75, 3.05) is 0 Å². The van der Waals surface area contributed by atoms with Crippen molar-refractivity contribution in [2.45, 2.75) is 30.7 Å². The Kier molecular flexibility index (Phi) is 3.82. The number of aromatic nitrogens is 1. The lowest BCUT2D eigenvalue weighted by Crippen LogP contribution is -2.24. The van der Waals surface area contributed by atoms with Crippen molar-refractivity contribution in [1.82, 2.24) is 4.98 Å². The number of hydrogen-bond acceptors (Lipinski definition) is 4. The van der Waals surface area contributed by atoms with E-state index in [0.29, 0.717) is 27.8 Å². The second-order valence-corrected chi connectivity index (χ2v) is 5.56. The summed E-state index contributed by atoms with van der Waals surface area (Å²) < 4.78 is 5.62. The van der Waals surface area contributed by atoms with Crippen molar-refractivity contribution >= 4 is 40.4 Å². The van der Waals surface area contributed by atoms with Crippen LogP contribution in [0.15, 0.2) is 21.8 Å². The Morgan fingerprint density at radius 1 is 1.61 bits per heavy atom. The van der Waals surface area contributed by atoms with E-state index in [-0.39, 0.29) is 11.2 Å². The third kappa shape index (κ3) is 2.62. The van der Waals surface area contributed by atoms with Crippen LogP contribution in [0, 0.1) is 6.92 Å². The summed E-state index contributed by atoms with van der Waals surface area (Å²) in [6, 6.07) is 3.55. The highest BCUT2D eigenvalue weighted by atomic mass is 35.5. The van der Waals surface area contributed by atoms with Gasteiger partial charge in [0.1, 0.15) is 5.52 Å². The van der Waals surface area contributed by atoms with Crippen LogP contribution in [0.4, 0.5) is 0 Å². The highest BCUT2D eigenvalue weighted by Crippen LogP contribution is 2.31. The molecule has 0 fully saturated rings. The van der Waals surface area contributed by atoms with E-state index in [2.05, 4.69) is 4.98 Å². The van der Waals surface area contributed by atoms with Gasteiger partial charge in [-0.3, -0.25) is 4.79 Å². The number of rotatable bonds is 4. The summed E-state index contributed by atoms with van der Waals surface area (Å²) >= 11 is 7.20. The Labute approximate surface area is 114 Å². The third-order valence-corrected chi connectivity index (χ3v) is 4.00. The quantitative estimate of drug-likeness (QED) is 0.876. The zero-order valence-electron chi connectivity index (χ0n) is 10.1. The Balaban J connectivity index is 2.36. The molecule has 1 amide bonds. The van der Waals surface area contributed by atoms with Crippen molar-refractivity contribution in [2.24, 2.45) is 5.73 Å². The molecule has 0 aliphatic carbocycles. The highest BCUT2D eigenvalue weighted by Gasteiger charge is 2.19. The van der Waals surface area contributed by atoms with Crippen LogP contribution < -0.4 is 5.73 Å². The number of halogens is 1. The van der Waals surface area contributed by atoms with Crippen LogP contribution in [0.3, 0.4) is 0 Å². The summed E-state index contributed by atoms with van der Waals surface area (Å²) in [4.78, 5) is 15.5. The van der Waals surface area contributed by atoms with Crippen LogP contribution in [0.1, 0.15) is 18.9 Å². The van der Waals surface area contributed by atoms with Gasteiger partial charge in [0.2, 0.25) is 5.91 Å². The van der Waals surface area contributed by atoms with Crippen molar-refractivity contribution in [3.8, 4) is 0 Å². The van der Waals surface area contributed by atoms with Crippen LogP contribution in [0.25, 0.3) is 11.1 Å². The zero-order chi connectivity index (χ0) is 13.3. The number of carbonyl (C=O) groups is 1. The van der Waals surface area contributed by atoms with Gasteiger partial charge in [-0.25, -0.2) is 4.98 Å². The number of hydrogen-bond donors (Lipinski definition) is 1. The van der Waals surface area contributed by atoms with E-state index >= 15 is 0 Å². The Morgan fingerprint density at radius 3 is 2.94 bits per heavy atom. The highest BCUT2D eigenvalue weighted by molar-refractivity contribution is 8.00. The topological polar surface area (TPSA) is 69.1 Å². The molecule has 6 heteroatoms. The fourth-order valence-corrected chi connectivity index (χ4v) is 2.73. The fourth-order valence-electron chi connectivity index (χ4n) is 1.65. The number of aryl methyl sites for hydroxylation is 1. The summed E-state index contributed by atoms with van der Waals surface area (Å²) in [5.74, 6) is -0.362. The average molecular weight is 285 g/mol. The number of carbonyl (C=O) groups excluding carboxylic acids is 1. The van der Waals surface area contributed by atoms with E-state index in [4.69, 9.17) is 21.8 Å². The van der Waals surface area contributed by atoms with Gasteiger partial charge >= 0.3 is 0 Å². The predicted octanol–water partition coefficient (Wildman–Crippen LogP) is 3.15. The maximum atomic E-state index is 11.2. The SMILES string of the molecule is CC[C@H](Sc1nc2cc(Cl)cc(C)c2o1)C(N)=O. The molecule has 2 aromatic rings. The molecule has 2 N–H and O–H groups in total. The molecule has 1 atom stereocenters. The molecular formula is C12H13ClN2O2S. The Morgan fingerprint density at radius 2 is 2.33 bits per heavy atom. The fraction of sp³-hybridized carbons (Fsp3) is 0.333. The predicted molar refractivity (Wildman–Crippen MR) is 72.9 cm³/mol. The second-order valence-electron chi connectivity index (χ2n) is 3.97. The summed E-state index contributed by atoms with van der Waals surface area (Å²) in [7, 11) is 0. The number of benzene rings is 1. The summed E-state index contributed by atoms with van der Waals surface area (Å²) in [5, 5.41) is 0.738. The zero-order valence-corrected chi connectivity index (χ0v) is 11.6. The van der Waals surface area contributed by atoms with Crippen LogP contribution in [0.2, 0.25) is 5.02 Å². The van der Waals surface area contributed by atoms with Crippen LogP contribution in [-0.4, -0.2) is 16.1 Å². The lowest BCUT2D eigenvalue weighted by atomic mass is 10.2. The average Bonchev–Trinajstić information content (AvgIpc) is 2.68. The van der Waals surface area contributed by atoms with E-state index in [1.165, 1.54) is 11.8 Å². The summed E-state index contributed by atoms with van der Waals surface area (Å²) in [6.45, 7) is 3.80. The molecule has 0 aliphatic rings. The molecule has 1 heterocycles. The minimum atomic E-state index is -0.362. The third-order valence-electron chi connectivity index (χ3n) is 2.55. The monoisotopic (exact) mass is 284 g/mol. The molecule has 0 aliphatic heterocycles. The van der Waals surface area contributed by atoms with E-state index < -0.39 is 0 Å². The Hall–Kier alpha value is -1.20. The molecule has 0 saturated carbocycles. The number of nitrogens with zero attached hydrogens (tertiary/aromatic N) is 1. The normalized spacial score (nSPS) is 12.8. The lowest BCUT2D eigenvalue weighted by Gasteiger charge is -2.05. The van der Waals surface area contributed by atoms with Gasteiger partial charge in [0.15, 0.2) is 5.58 Å². The van der Waals surface area contributed by atoms with E-state index in [9.17, 15) is 4.79 Å². The van der Waals surface area contributed by atoms with Gasteiger partial charge in [0.05, 0.1) is 5.25 Å². The first-order valence-electron chi connectivity index (χ1n) is 5.54. The maximum absolute atomic E-state index is 11.2. The minimum absolute atomic E-state index is 0.325. The van der Waals surface area contributed by atoms with E-state index in [1.807, 2.05) is 19.9 Å². The molecule has 1 aromatic carbocycles. The largest absolute Gasteiger partial charge is 0.431 e. The van der Waals surface area contributed by atoms with Crippen LogP contribution in [0.5, 0.6) is 0 Å². The molecule has 0 spiro atoms. The lowest BCUT2D eigenvalue weighted by molar-refractivity contribution is -0.117. The minimum Gasteiger partial charge on any atom is -0.431 e. The second kappa shape index (κ2) is 5.20. The molecular weight excluding hydrogens is 272 g/mol. The molecule has 0 unspecified atom stereocenters. The van der Waals surface area contributed by atoms with E-state index in [1.54, 1.807) is 6.07 Å². The van der Waals surface area contributed by atoms with Gasteiger partial charge in [-0.15, -0.1) is 0 Å². The number of thioether (sulfide) groups is 1.